The molecule has 0 aromatic carbocycles. The highest BCUT2D eigenvalue weighted by Crippen LogP contribution is 2.22. The van der Waals surface area contributed by atoms with Crippen molar-refractivity contribution in [1.29, 1.82) is 0 Å². The number of likely N-dealkylation sites (tertiary alicyclic amines) is 1. The molecule has 3 heteroatoms. The van der Waals surface area contributed by atoms with E-state index in [0.717, 1.165) is 30.9 Å². The average Bonchev–Trinajstić information content (AvgIpc) is 2.44. The largest absolute Gasteiger partial charge is 0.339 e. The number of alkyl halides is 1. The molecule has 1 atom stereocenters. The van der Waals surface area contributed by atoms with E-state index in [2.05, 4.69) is 13.5 Å². The van der Waals surface area contributed by atoms with Crippen molar-refractivity contribution < 1.29 is 4.79 Å². The zero-order valence-electron chi connectivity index (χ0n) is 10.2. The van der Waals surface area contributed by atoms with Crippen molar-refractivity contribution in [3.05, 3.63) is 12.2 Å². The first kappa shape index (κ1) is 13.6. The maximum atomic E-state index is 11.9. The second-order valence-electron chi connectivity index (χ2n) is 4.68. The first-order chi connectivity index (χ1) is 7.67. The fraction of sp³-hybridized carbons (Fsp3) is 0.769. The molecule has 0 spiro atoms. The van der Waals surface area contributed by atoms with Gasteiger partial charge in [0, 0.05) is 25.4 Å². The number of carbonyl (C=O) groups excluding carboxylic acids is 1. The van der Waals surface area contributed by atoms with Crippen LogP contribution in [-0.2, 0) is 4.79 Å². The van der Waals surface area contributed by atoms with Gasteiger partial charge in [-0.1, -0.05) is 26.3 Å². The number of nitrogens with zero attached hydrogens (tertiary/aromatic N) is 1. The van der Waals surface area contributed by atoms with Gasteiger partial charge in [0.05, 0.1) is 0 Å². The minimum atomic E-state index is 0.268. The predicted molar refractivity (Wildman–Crippen MR) is 68.7 cm³/mol. The molecule has 1 saturated heterocycles. The van der Waals surface area contributed by atoms with E-state index in [0.29, 0.717) is 18.8 Å². The molecule has 1 unspecified atom stereocenters. The topological polar surface area (TPSA) is 20.3 Å². The Kier molecular flexibility index (Phi) is 5.89. The SMILES string of the molecule is C=C(CCl)CN1CCC(CCC)CCC1=O. The molecule has 1 rings (SSSR count). The molecular weight excluding hydrogens is 222 g/mol. The van der Waals surface area contributed by atoms with Crippen molar-refractivity contribution in [2.24, 2.45) is 5.92 Å². The Bertz CT molecular complexity index is 252. The van der Waals surface area contributed by atoms with E-state index < -0.39 is 0 Å². The second kappa shape index (κ2) is 6.95. The predicted octanol–water partition coefficient (Wildman–Crippen LogP) is 3.21. The zero-order chi connectivity index (χ0) is 12.0. The van der Waals surface area contributed by atoms with E-state index in [-0.39, 0.29) is 5.91 Å². The van der Waals surface area contributed by atoms with Crippen molar-refractivity contribution in [1.82, 2.24) is 4.90 Å². The molecule has 0 aromatic heterocycles. The third-order valence-electron chi connectivity index (χ3n) is 3.23. The fourth-order valence-corrected chi connectivity index (χ4v) is 2.35. The van der Waals surface area contributed by atoms with Crippen molar-refractivity contribution in [2.75, 3.05) is 19.0 Å². The van der Waals surface area contributed by atoms with E-state index in [9.17, 15) is 4.79 Å². The lowest BCUT2D eigenvalue weighted by atomic mass is 9.96. The Hall–Kier alpha value is -0.500. The summed E-state index contributed by atoms with van der Waals surface area (Å²) < 4.78 is 0. The number of amides is 1. The number of rotatable bonds is 5. The van der Waals surface area contributed by atoms with E-state index in [1.807, 2.05) is 4.90 Å². The molecule has 0 saturated carbocycles. The first-order valence-corrected chi connectivity index (χ1v) is 6.71. The summed E-state index contributed by atoms with van der Waals surface area (Å²) in [4.78, 5) is 13.8. The number of hydrogen-bond acceptors (Lipinski definition) is 1. The van der Waals surface area contributed by atoms with Gasteiger partial charge in [-0.2, -0.15) is 0 Å². The van der Waals surface area contributed by atoms with Gasteiger partial charge in [0.15, 0.2) is 0 Å². The van der Waals surface area contributed by atoms with E-state index in [1.54, 1.807) is 0 Å². The minimum absolute atomic E-state index is 0.268. The summed E-state index contributed by atoms with van der Waals surface area (Å²) in [7, 11) is 0. The number of carbonyl (C=O) groups is 1. The number of hydrogen-bond donors (Lipinski definition) is 0. The van der Waals surface area contributed by atoms with Crippen molar-refractivity contribution in [2.45, 2.75) is 39.0 Å². The summed E-state index contributed by atoms with van der Waals surface area (Å²) in [5.74, 6) is 1.44. The van der Waals surface area contributed by atoms with Gasteiger partial charge in [0.25, 0.3) is 0 Å². The van der Waals surface area contributed by atoms with Crippen LogP contribution in [-0.4, -0.2) is 29.8 Å². The summed E-state index contributed by atoms with van der Waals surface area (Å²) >= 11 is 5.70. The Labute approximate surface area is 104 Å². The van der Waals surface area contributed by atoms with Crippen LogP contribution in [0.3, 0.4) is 0 Å². The first-order valence-electron chi connectivity index (χ1n) is 6.17. The summed E-state index contributed by atoms with van der Waals surface area (Å²) in [6.45, 7) is 7.58. The van der Waals surface area contributed by atoms with Crippen LogP contribution in [0.5, 0.6) is 0 Å². The van der Waals surface area contributed by atoms with E-state index in [1.165, 1.54) is 12.8 Å². The maximum absolute atomic E-state index is 11.9. The lowest BCUT2D eigenvalue weighted by Crippen LogP contribution is -2.32. The molecule has 1 fully saturated rings. The van der Waals surface area contributed by atoms with Crippen LogP contribution in [0.25, 0.3) is 0 Å². The van der Waals surface area contributed by atoms with Crippen molar-refractivity contribution >= 4 is 17.5 Å². The molecule has 0 aliphatic carbocycles. The summed E-state index contributed by atoms with van der Waals surface area (Å²) in [6.07, 6.45) is 5.34. The van der Waals surface area contributed by atoms with Gasteiger partial charge in [0.2, 0.25) is 5.91 Å². The van der Waals surface area contributed by atoms with Crippen molar-refractivity contribution in [3.8, 4) is 0 Å². The molecule has 1 aliphatic rings. The van der Waals surface area contributed by atoms with Gasteiger partial charge in [-0.15, -0.1) is 11.6 Å². The Morgan fingerprint density at radius 3 is 2.94 bits per heavy atom. The average molecular weight is 244 g/mol. The van der Waals surface area contributed by atoms with Gasteiger partial charge in [0.1, 0.15) is 0 Å². The van der Waals surface area contributed by atoms with Crippen LogP contribution in [0.2, 0.25) is 0 Å². The van der Waals surface area contributed by atoms with Gasteiger partial charge >= 0.3 is 0 Å². The summed E-state index contributed by atoms with van der Waals surface area (Å²) in [6, 6.07) is 0. The Balaban J connectivity index is 2.47. The van der Waals surface area contributed by atoms with Crippen LogP contribution in [0.1, 0.15) is 39.0 Å². The van der Waals surface area contributed by atoms with Crippen molar-refractivity contribution in [3.63, 3.8) is 0 Å². The molecular formula is C13H22ClNO. The van der Waals surface area contributed by atoms with Gasteiger partial charge < -0.3 is 4.90 Å². The molecule has 0 N–H and O–H groups in total. The highest BCUT2D eigenvalue weighted by atomic mass is 35.5. The highest BCUT2D eigenvalue weighted by molar-refractivity contribution is 6.19. The van der Waals surface area contributed by atoms with E-state index in [4.69, 9.17) is 11.6 Å². The molecule has 1 heterocycles. The lowest BCUT2D eigenvalue weighted by molar-refractivity contribution is -0.130. The molecule has 0 aromatic rings. The second-order valence-corrected chi connectivity index (χ2v) is 4.95. The third-order valence-corrected chi connectivity index (χ3v) is 3.60. The quantitative estimate of drug-likeness (QED) is 0.536. The lowest BCUT2D eigenvalue weighted by Gasteiger charge is -2.21. The molecule has 0 bridgehead atoms. The molecule has 0 radical (unpaired) electrons. The number of halogens is 1. The van der Waals surface area contributed by atoms with Crippen LogP contribution in [0, 0.1) is 5.92 Å². The summed E-state index contributed by atoms with van der Waals surface area (Å²) in [5.41, 5.74) is 0.934. The maximum Gasteiger partial charge on any atom is 0.222 e. The zero-order valence-corrected chi connectivity index (χ0v) is 10.9. The van der Waals surface area contributed by atoms with Crippen LogP contribution < -0.4 is 0 Å². The van der Waals surface area contributed by atoms with Crippen LogP contribution in [0.15, 0.2) is 12.2 Å². The Morgan fingerprint density at radius 1 is 1.56 bits per heavy atom. The Morgan fingerprint density at radius 2 is 2.31 bits per heavy atom. The highest BCUT2D eigenvalue weighted by Gasteiger charge is 2.21. The molecule has 92 valence electrons. The van der Waals surface area contributed by atoms with Gasteiger partial charge in [-0.3, -0.25) is 4.79 Å². The van der Waals surface area contributed by atoms with Crippen LogP contribution in [0.4, 0.5) is 0 Å². The molecule has 1 amide bonds. The van der Waals surface area contributed by atoms with Gasteiger partial charge in [-0.25, -0.2) is 0 Å². The van der Waals surface area contributed by atoms with Gasteiger partial charge in [-0.05, 0) is 24.3 Å². The minimum Gasteiger partial charge on any atom is -0.339 e. The van der Waals surface area contributed by atoms with E-state index >= 15 is 0 Å². The monoisotopic (exact) mass is 243 g/mol. The van der Waals surface area contributed by atoms with Crippen LogP contribution >= 0.6 is 11.6 Å². The molecule has 1 aliphatic heterocycles. The molecule has 2 nitrogen and oxygen atoms in total. The normalized spacial score (nSPS) is 22.0. The third kappa shape index (κ3) is 4.17. The fourth-order valence-electron chi connectivity index (χ4n) is 2.27. The summed E-state index contributed by atoms with van der Waals surface area (Å²) in [5, 5.41) is 0. The molecule has 16 heavy (non-hydrogen) atoms. The smallest absolute Gasteiger partial charge is 0.222 e. The standard InChI is InChI=1S/C13H22ClNO/c1-3-4-12-5-6-13(16)15(8-7-12)10-11(2)9-14/h12H,2-10H2,1H3.